The fourth-order valence-electron chi connectivity index (χ4n) is 2.71. The molecule has 2 aliphatic rings. The number of rotatable bonds is 4. The first-order valence-corrected chi connectivity index (χ1v) is 9.41. The van der Waals surface area contributed by atoms with Crippen LogP contribution in [0.15, 0.2) is 18.2 Å². The predicted molar refractivity (Wildman–Crippen MR) is 90.5 cm³/mol. The molecule has 10 nitrogen and oxygen atoms in total. The van der Waals surface area contributed by atoms with E-state index in [2.05, 4.69) is 15.5 Å². The molecule has 4 rings (SSSR count). The molecule has 27 heavy (non-hydrogen) atoms. The Labute approximate surface area is 152 Å². The monoisotopic (exact) mass is 395 g/mol. The van der Waals surface area contributed by atoms with Crippen LogP contribution in [0.4, 0.5) is 10.1 Å². The van der Waals surface area contributed by atoms with Gasteiger partial charge in [0.05, 0.1) is 5.69 Å². The van der Waals surface area contributed by atoms with E-state index in [-0.39, 0.29) is 23.0 Å². The summed E-state index contributed by atoms with van der Waals surface area (Å²) in [6.07, 6.45) is 1.80. The SMILES string of the molecule is O=C1CN(c2c(O)ccc(-c3cc(C(=O)NC4CC4)n[nH]3)c2F)S(=O)(=O)N1. The second-order valence-corrected chi connectivity index (χ2v) is 7.84. The van der Waals surface area contributed by atoms with Crippen molar-refractivity contribution in [1.29, 1.82) is 0 Å². The Morgan fingerprint density at radius 1 is 1.37 bits per heavy atom. The third-order valence-corrected chi connectivity index (χ3v) is 5.56. The van der Waals surface area contributed by atoms with Crippen LogP contribution < -0.4 is 14.3 Å². The van der Waals surface area contributed by atoms with Gasteiger partial charge in [0.15, 0.2) is 11.5 Å². The molecule has 4 N–H and O–H groups in total. The molecule has 12 heteroatoms. The van der Waals surface area contributed by atoms with Crippen molar-refractivity contribution in [3.63, 3.8) is 0 Å². The first kappa shape index (κ1) is 17.3. The molecule has 2 fully saturated rings. The van der Waals surface area contributed by atoms with E-state index in [0.29, 0.717) is 4.31 Å². The smallest absolute Gasteiger partial charge is 0.326 e. The Morgan fingerprint density at radius 2 is 2.11 bits per heavy atom. The molecule has 1 aromatic carbocycles. The van der Waals surface area contributed by atoms with Crippen molar-refractivity contribution in [2.24, 2.45) is 0 Å². The number of nitrogens with zero attached hydrogens (tertiary/aromatic N) is 2. The number of aromatic nitrogens is 2. The molecule has 1 saturated carbocycles. The van der Waals surface area contributed by atoms with Crippen LogP contribution >= 0.6 is 0 Å². The summed E-state index contributed by atoms with van der Waals surface area (Å²) in [6, 6.07) is 3.75. The van der Waals surface area contributed by atoms with Gasteiger partial charge in [0, 0.05) is 11.6 Å². The highest BCUT2D eigenvalue weighted by Gasteiger charge is 2.38. The number of hydrogen-bond acceptors (Lipinski definition) is 6. The molecule has 0 bridgehead atoms. The van der Waals surface area contributed by atoms with Gasteiger partial charge in [-0.1, -0.05) is 0 Å². The van der Waals surface area contributed by atoms with Crippen molar-refractivity contribution >= 4 is 27.7 Å². The molecule has 2 amide bonds. The third-order valence-electron chi connectivity index (χ3n) is 4.18. The molecule has 1 aromatic heterocycles. The summed E-state index contributed by atoms with van der Waals surface area (Å²) < 4.78 is 41.1. The number of anilines is 1. The van der Waals surface area contributed by atoms with Gasteiger partial charge in [-0.3, -0.25) is 14.7 Å². The van der Waals surface area contributed by atoms with E-state index in [9.17, 15) is 23.1 Å². The average Bonchev–Trinajstić information content (AvgIpc) is 3.17. The summed E-state index contributed by atoms with van der Waals surface area (Å²) in [6.45, 7) is -0.658. The quantitative estimate of drug-likeness (QED) is 0.573. The predicted octanol–water partition coefficient (Wildman–Crippen LogP) is -0.00540. The maximum atomic E-state index is 15.0. The molecular weight excluding hydrogens is 381 g/mol. The highest BCUT2D eigenvalue weighted by Crippen LogP contribution is 2.38. The number of aromatic amines is 1. The zero-order chi connectivity index (χ0) is 19.3. The summed E-state index contributed by atoms with van der Waals surface area (Å²) in [5, 5.41) is 19.1. The van der Waals surface area contributed by atoms with Gasteiger partial charge in [-0.15, -0.1) is 0 Å². The van der Waals surface area contributed by atoms with Crippen molar-refractivity contribution in [1.82, 2.24) is 20.2 Å². The summed E-state index contributed by atoms with van der Waals surface area (Å²) in [4.78, 5) is 23.4. The number of halogens is 1. The Kier molecular flexibility index (Phi) is 3.80. The van der Waals surface area contributed by atoms with Gasteiger partial charge in [0.1, 0.15) is 18.0 Å². The number of phenols is 1. The normalized spacial score (nSPS) is 18.4. The number of benzene rings is 1. The van der Waals surface area contributed by atoms with Gasteiger partial charge in [-0.25, -0.2) is 13.4 Å². The van der Waals surface area contributed by atoms with Gasteiger partial charge >= 0.3 is 10.2 Å². The summed E-state index contributed by atoms with van der Waals surface area (Å²) in [5.41, 5.74) is -0.609. The number of aromatic hydroxyl groups is 1. The first-order chi connectivity index (χ1) is 12.8. The van der Waals surface area contributed by atoms with Crippen LogP contribution in [-0.2, 0) is 15.0 Å². The Hall–Kier alpha value is -3.15. The minimum Gasteiger partial charge on any atom is -0.506 e. The molecular formula is C15H14FN5O5S. The zero-order valence-electron chi connectivity index (χ0n) is 13.7. The molecule has 2 heterocycles. The van der Waals surface area contributed by atoms with E-state index in [1.54, 1.807) is 4.72 Å². The van der Waals surface area contributed by atoms with Crippen LogP contribution in [0.1, 0.15) is 23.3 Å². The molecule has 1 aliphatic heterocycles. The number of carbonyl (C=O) groups is 2. The van der Waals surface area contributed by atoms with Crippen molar-refractivity contribution in [3.05, 3.63) is 29.7 Å². The number of amides is 2. The number of H-pyrrole nitrogens is 1. The maximum absolute atomic E-state index is 15.0. The van der Waals surface area contributed by atoms with E-state index < -0.39 is 45.8 Å². The molecule has 0 unspecified atom stereocenters. The Morgan fingerprint density at radius 3 is 2.74 bits per heavy atom. The minimum absolute atomic E-state index is 0.0524. The number of nitrogens with one attached hydrogen (secondary N) is 3. The van der Waals surface area contributed by atoms with Crippen molar-refractivity contribution < 1.29 is 27.5 Å². The van der Waals surface area contributed by atoms with Gasteiger partial charge in [0.25, 0.3) is 11.8 Å². The second kappa shape index (κ2) is 5.94. The lowest BCUT2D eigenvalue weighted by Gasteiger charge is -2.18. The Bertz CT molecular complexity index is 1060. The fourth-order valence-corrected chi connectivity index (χ4v) is 3.87. The fraction of sp³-hybridized carbons (Fsp3) is 0.267. The highest BCUT2D eigenvalue weighted by atomic mass is 32.2. The van der Waals surface area contributed by atoms with Gasteiger partial charge in [0.2, 0.25) is 0 Å². The molecule has 0 spiro atoms. The highest BCUT2D eigenvalue weighted by molar-refractivity contribution is 7.92. The number of hydrogen-bond donors (Lipinski definition) is 4. The topological polar surface area (TPSA) is 144 Å². The van der Waals surface area contributed by atoms with Crippen molar-refractivity contribution in [2.75, 3.05) is 10.8 Å². The maximum Gasteiger partial charge on any atom is 0.326 e. The van der Waals surface area contributed by atoms with Crippen molar-refractivity contribution in [2.45, 2.75) is 18.9 Å². The summed E-state index contributed by atoms with van der Waals surface area (Å²) in [5.74, 6) is -2.98. The van der Waals surface area contributed by atoms with Gasteiger partial charge < -0.3 is 10.4 Å². The minimum atomic E-state index is -4.30. The van der Waals surface area contributed by atoms with Crippen LogP contribution in [-0.4, -0.2) is 48.1 Å². The molecule has 0 radical (unpaired) electrons. The van der Waals surface area contributed by atoms with Crippen molar-refractivity contribution in [3.8, 4) is 17.0 Å². The van der Waals surface area contributed by atoms with Gasteiger partial charge in [-0.05, 0) is 31.0 Å². The Balaban J connectivity index is 1.72. The average molecular weight is 395 g/mol. The van der Waals surface area contributed by atoms with E-state index >= 15 is 4.39 Å². The van der Waals surface area contributed by atoms with E-state index in [1.165, 1.54) is 12.1 Å². The standard InChI is InChI=1S/C15H14FN5O5S/c16-13-8(9-5-10(19-18-9)15(24)17-7-1-2-7)3-4-11(22)14(13)21-6-12(23)20-27(21,25)26/h3-5,7,22H,1-2,6H2,(H,17,24)(H,18,19)(H,20,23). The molecule has 0 atom stereocenters. The molecule has 1 saturated heterocycles. The van der Waals surface area contributed by atoms with Crippen LogP contribution in [0.5, 0.6) is 5.75 Å². The van der Waals surface area contributed by atoms with Crippen LogP contribution in [0, 0.1) is 5.82 Å². The van der Waals surface area contributed by atoms with Crippen LogP contribution in [0.25, 0.3) is 11.3 Å². The van der Waals surface area contributed by atoms with E-state index in [0.717, 1.165) is 18.9 Å². The molecule has 2 aromatic rings. The first-order valence-electron chi connectivity index (χ1n) is 7.97. The molecule has 1 aliphatic carbocycles. The summed E-state index contributed by atoms with van der Waals surface area (Å²) in [7, 11) is -4.30. The largest absolute Gasteiger partial charge is 0.506 e. The lowest BCUT2D eigenvalue weighted by molar-refractivity contribution is -0.117. The van der Waals surface area contributed by atoms with Gasteiger partial charge in [-0.2, -0.15) is 13.5 Å². The number of carbonyl (C=O) groups excluding carboxylic acids is 2. The van der Waals surface area contributed by atoms with E-state index in [4.69, 9.17) is 0 Å². The van der Waals surface area contributed by atoms with Crippen LogP contribution in [0.2, 0.25) is 0 Å². The summed E-state index contributed by atoms with van der Waals surface area (Å²) >= 11 is 0. The third kappa shape index (κ3) is 3.07. The zero-order valence-corrected chi connectivity index (χ0v) is 14.5. The lowest BCUT2D eigenvalue weighted by Crippen LogP contribution is -2.30. The molecule has 142 valence electrons. The van der Waals surface area contributed by atoms with Crippen LogP contribution in [0.3, 0.4) is 0 Å². The lowest BCUT2D eigenvalue weighted by atomic mass is 10.1. The number of phenolic OH excluding ortho intramolecular Hbond substituents is 1. The van der Waals surface area contributed by atoms with E-state index in [1.807, 2.05) is 0 Å². The second-order valence-electron chi connectivity index (χ2n) is 6.25.